The standard InChI is InChI=1S/C48H67N3O5/c1-31(2)35-19-24-48(26-25-46(6)36(40(35)48)17-18-38-45(5)22-21-39(52)44(3,4)37(45)20-23-47(38,46)7)42(54)51-29-32-13-15-34(16-14-32)41(53)49-27-28-50-43(55)56-30-33-11-9-8-10-12-33/h8-16,35-40,52H,1,17-30H2,2-7H3,(H,49,53)(H,50,55)(H,51,54)/t35-,36?,37?,38?,39-,40?,45-,46+,47+,48-/m0/s1. The Morgan fingerprint density at radius 3 is 2.18 bits per heavy atom. The Bertz CT molecular complexity index is 1790. The highest BCUT2D eigenvalue weighted by Gasteiger charge is 2.71. The zero-order valence-electron chi connectivity index (χ0n) is 34.8. The lowest BCUT2D eigenvalue weighted by Gasteiger charge is -2.72. The number of alkyl carbamates (subject to hydrolysis) is 1. The normalized spacial score (nSPS) is 36.8. The average Bonchev–Trinajstić information content (AvgIpc) is 3.59. The molecule has 2 aromatic carbocycles. The zero-order chi connectivity index (χ0) is 40.1. The van der Waals surface area contributed by atoms with Gasteiger partial charge in [0.1, 0.15) is 6.61 Å². The van der Waals surface area contributed by atoms with Gasteiger partial charge in [-0.25, -0.2) is 4.79 Å². The van der Waals surface area contributed by atoms with Gasteiger partial charge in [-0.2, -0.15) is 0 Å². The lowest BCUT2D eigenvalue weighted by atomic mass is 9.32. The summed E-state index contributed by atoms with van der Waals surface area (Å²) in [5, 5.41) is 20.0. The van der Waals surface area contributed by atoms with Crippen molar-refractivity contribution in [1.29, 1.82) is 0 Å². The molecule has 7 rings (SSSR count). The van der Waals surface area contributed by atoms with Gasteiger partial charge in [0.25, 0.3) is 5.91 Å². The van der Waals surface area contributed by atoms with Crippen LogP contribution in [0.15, 0.2) is 66.7 Å². The van der Waals surface area contributed by atoms with Gasteiger partial charge in [-0.1, -0.05) is 89.2 Å². The molecule has 0 heterocycles. The lowest BCUT2D eigenvalue weighted by Crippen LogP contribution is -2.67. The number of amides is 3. The van der Waals surface area contributed by atoms with E-state index in [4.69, 9.17) is 4.74 Å². The van der Waals surface area contributed by atoms with Crippen LogP contribution in [-0.4, -0.2) is 42.2 Å². The number of hydrogen-bond acceptors (Lipinski definition) is 5. The second kappa shape index (κ2) is 15.3. The first kappa shape index (κ1) is 40.5. The fourth-order valence-corrected chi connectivity index (χ4v) is 13.9. The molecule has 0 aromatic heterocycles. The number of ether oxygens (including phenoxy) is 1. The van der Waals surface area contributed by atoms with Crippen molar-refractivity contribution in [2.45, 2.75) is 125 Å². The monoisotopic (exact) mass is 766 g/mol. The largest absolute Gasteiger partial charge is 0.445 e. The molecule has 0 spiro atoms. The Morgan fingerprint density at radius 1 is 0.750 bits per heavy atom. The van der Waals surface area contributed by atoms with Gasteiger partial charge in [-0.05, 0) is 146 Å². The summed E-state index contributed by atoms with van der Waals surface area (Å²) in [6, 6.07) is 16.9. The van der Waals surface area contributed by atoms with E-state index in [1.54, 1.807) is 12.1 Å². The maximum Gasteiger partial charge on any atom is 0.407 e. The second-order valence-corrected chi connectivity index (χ2v) is 19.8. The van der Waals surface area contributed by atoms with Crippen LogP contribution in [0.25, 0.3) is 0 Å². The fraction of sp³-hybridized carbons (Fsp3) is 0.646. The maximum absolute atomic E-state index is 14.6. The molecule has 5 saturated carbocycles. The van der Waals surface area contributed by atoms with Crippen LogP contribution in [0.1, 0.15) is 127 Å². The van der Waals surface area contributed by atoms with E-state index in [-0.39, 0.29) is 65.2 Å². The number of hydrogen-bond donors (Lipinski definition) is 4. The Kier molecular flexibility index (Phi) is 11.1. The van der Waals surface area contributed by atoms with Crippen LogP contribution in [0.3, 0.4) is 0 Å². The molecule has 5 aliphatic carbocycles. The van der Waals surface area contributed by atoms with Gasteiger partial charge in [-0.3, -0.25) is 9.59 Å². The summed E-state index contributed by atoms with van der Waals surface area (Å²) in [6.45, 7) is 20.3. The van der Waals surface area contributed by atoms with Gasteiger partial charge in [0, 0.05) is 25.2 Å². The topological polar surface area (TPSA) is 117 Å². The zero-order valence-corrected chi connectivity index (χ0v) is 34.8. The summed E-state index contributed by atoms with van der Waals surface area (Å²) in [5.74, 6) is 2.25. The van der Waals surface area contributed by atoms with Crippen LogP contribution in [0.5, 0.6) is 0 Å². The van der Waals surface area contributed by atoms with E-state index in [9.17, 15) is 19.5 Å². The molecule has 0 saturated heterocycles. The predicted octanol–water partition coefficient (Wildman–Crippen LogP) is 8.98. The van der Waals surface area contributed by atoms with Crippen molar-refractivity contribution < 1.29 is 24.2 Å². The minimum atomic E-state index is -0.528. The number of aliphatic hydroxyl groups is 1. The summed E-state index contributed by atoms with van der Waals surface area (Å²) in [6.07, 6.45) is 9.99. The van der Waals surface area contributed by atoms with Crippen molar-refractivity contribution in [3.8, 4) is 0 Å². The molecule has 3 amide bonds. The van der Waals surface area contributed by atoms with Crippen LogP contribution >= 0.6 is 0 Å². The number of carbonyl (C=O) groups excluding carboxylic acids is 3. The number of rotatable bonds is 10. The summed E-state index contributed by atoms with van der Waals surface area (Å²) < 4.78 is 5.23. The summed E-state index contributed by atoms with van der Waals surface area (Å²) in [7, 11) is 0. The number of carbonyl (C=O) groups is 3. The third-order valence-electron chi connectivity index (χ3n) is 17.1. The van der Waals surface area contributed by atoms with Gasteiger partial charge >= 0.3 is 6.09 Å². The van der Waals surface area contributed by atoms with Crippen molar-refractivity contribution in [1.82, 2.24) is 16.0 Å². The molecule has 4 unspecified atom stereocenters. The quantitative estimate of drug-likeness (QED) is 0.142. The molecule has 0 bridgehead atoms. The molecular weight excluding hydrogens is 699 g/mol. The molecular formula is C48H67N3O5. The molecule has 8 nitrogen and oxygen atoms in total. The van der Waals surface area contributed by atoms with Crippen LogP contribution in [-0.2, 0) is 22.7 Å². The molecule has 4 N–H and O–H groups in total. The van der Waals surface area contributed by atoms with Crippen LogP contribution in [0.4, 0.5) is 4.79 Å². The van der Waals surface area contributed by atoms with E-state index < -0.39 is 11.5 Å². The van der Waals surface area contributed by atoms with Crippen LogP contribution in [0, 0.1) is 56.7 Å². The van der Waals surface area contributed by atoms with E-state index in [1.807, 2.05) is 42.5 Å². The first-order chi connectivity index (χ1) is 26.6. The van der Waals surface area contributed by atoms with Gasteiger partial charge in [-0.15, -0.1) is 0 Å². The van der Waals surface area contributed by atoms with E-state index in [1.165, 1.54) is 31.3 Å². The SMILES string of the molecule is C=C(C)[C@@H]1CC[C@]2(C(=O)NCc3ccc(C(=O)NCCNC(=O)OCc4ccccc4)cc3)CC[C@]3(C)C(CCC4[C@@]5(C)CC[C@H](O)C(C)(C)C5CC[C@]43C)C12. The second-order valence-electron chi connectivity index (χ2n) is 19.8. The molecule has 56 heavy (non-hydrogen) atoms. The Labute approximate surface area is 335 Å². The first-order valence-corrected chi connectivity index (χ1v) is 21.5. The van der Waals surface area contributed by atoms with Gasteiger partial charge < -0.3 is 25.8 Å². The number of fused-ring (bicyclic) bond motifs is 7. The minimum Gasteiger partial charge on any atom is -0.445 e. The van der Waals surface area contributed by atoms with E-state index in [0.29, 0.717) is 35.8 Å². The van der Waals surface area contributed by atoms with Gasteiger partial charge in [0.05, 0.1) is 11.5 Å². The molecule has 5 aliphatic rings. The van der Waals surface area contributed by atoms with E-state index in [0.717, 1.165) is 49.7 Å². The summed E-state index contributed by atoms with van der Waals surface area (Å²) in [5.41, 5.74) is 3.74. The van der Waals surface area contributed by atoms with Crippen molar-refractivity contribution >= 4 is 17.9 Å². The fourth-order valence-electron chi connectivity index (χ4n) is 13.9. The van der Waals surface area contributed by atoms with Gasteiger partial charge in [0.15, 0.2) is 0 Å². The van der Waals surface area contributed by atoms with Crippen molar-refractivity contribution in [2.75, 3.05) is 13.1 Å². The molecule has 304 valence electrons. The highest BCUT2D eigenvalue weighted by Crippen LogP contribution is 2.77. The minimum absolute atomic E-state index is 0.0610. The number of nitrogens with one attached hydrogen (secondary N) is 3. The van der Waals surface area contributed by atoms with E-state index in [2.05, 4.69) is 64.1 Å². The maximum atomic E-state index is 14.6. The molecule has 10 atom stereocenters. The smallest absolute Gasteiger partial charge is 0.407 e. The molecule has 2 aromatic rings. The predicted molar refractivity (Wildman–Crippen MR) is 220 cm³/mol. The Balaban J connectivity index is 0.973. The molecule has 0 radical (unpaired) electrons. The van der Waals surface area contributed by atoms with E-state index >= 15 is 0 Å². The number of allylic oxidation sites excluding steroid dienone is 1. The highest BCUT2D eigenvalue weighted by molar-refractivity contribution is 5.94. The third-order valence-corrected chi connectivity index (χ3v) is 17.1. The Hall–Kier alpha value is -3.65. The first-order valence-electron chi connectivity index (χ1n) is 21.5. The number of aliphatic hydroxyl groups excluding tert-OH is 1. The molecule has 8 heteroatoms. The highest BCUT2D eigenvalue weighted by atomic mass is 16.5. The molecule has 0 aliphatic heterocycles. The summed E-state index contributed by atoms with van der Waals surface area (Å²) >= 11 is 0. The van der Waals surface area contributed by atoms with Crippen LogP contribution < -0.4 is 16.0 Å². The third kappa shape index (κ3) is 6.79. The van der Waals surface area contributed by atoms with Crippen LogP contribution in [0.2, 0.25) is 0 Å². The molecule has 5 fully saturated rings. The van der Waals surface area contributed by atoms with Gasteiger partial charge in [0.2, 0.25) is 5.91 Å². The summed E-state index contributed by atoms with van der Waals surface area (Å²) in [4.78, 5) is 39.5. The Morgan fingerprint density at radius 2 is 1.46 bits per heavy atom. The number of benzene rings is 2. The van der Waals surface area contributed by atoms with Crippen molar-refractivity contribution in [2.24, 2.45) is 56.7 Å². The average molecular weight is 766 g/mol. The van der Waals surface area contributed by atoms with Crippen molar-refractivity contribution in [3.63, 3.8) is 0 Å². The lowest BCUT2D eigenvalue weighted by molar-refractivity contribution is -0.246. The van der Waals surface area contributed by atoms with Crippen molar-refractivity contribution in [3.05, 3.63) is 83.4 Å².